The van der Waals surface area contributed by atoms with E-state index < -0.39 is 11.9 Å². The van der Waals surface area contributed by atoms with E-state index in [1.165, 1.54) is 6.07 Å². The Kier molecular flexibility index (Phi) is 8.22. The Balaban J connectivity index is 0.000000501. The minimum atomic E-state index is -1.82. The molecule has 0 aliphatic rings. The number of aliphatic carboxylic acids is 2. The van der Waals surface area contributed by atoms with Gasteiger partial charge < -0.3 is 20.1 Å². The van der Waals surface area contributed by atoms with Crippen LogP contribution in [0, 0.1) is 19.7 Å². The quantitative estimate of drug-likeness (QED) is 0.412. The van der Waals surface area contributed by atoms with Gasteiger partial charge in [-0.05, 0) is 37.6 Å². The molecule has 0 atom stereocenters. The second kappa shape index (κ2) is 10.8. The predicted molar refractivity (Wildman–Crippen MR) is 113 cm³/mol. The molecule has 2 aromatic carbocycles. The van der Waals surface area contributed by atoms with Crippen molar-refractivity contribution in [3.8, 4) is 5.69 Å². The lowest BCUT2D eigenvalue weighted by Crippen LogP contribution is -2.23. The zero-order valence-electron chi connectivity index (χ0n) is 17.1. The van der Waals surface area contributed by atoms with E-state index in [2.05, 4.69) is 5.32 Å². The molecule has 0 amide bonds. The molecule has 0 aliphatic carbocycles. The highest BCUT2D eigenvalue weighted by Crippen LogP contribution is 2.23. The molecule has 0 spiro atoms. The number of hydrogen-bond acceptors (Lipinski definition) is 4. The van der Waals surface area contributed by atoms with Crippen molar-refractivity contribution in [2.45, 2.75) is 20.4 Å². The Morgan fingerprint density at radius 1 is 0.935 bits per heavy atom. The normalized spacial score (nSPS) is 10.2. The lowest BCUT2D eigenvalue weighted by Gasteiger charge is -2.11. The summed E-state index contributed by atoms with van der Waals surface area (Å²) in [5.41, 5.74) is 3.82. The highest BCUT2D eigenvalue weighted by atomic mass is 19.1. The lowest BCUT2D eigenvalue weighted by atomic mass is 10.1. The average Bonchev–Trinajstić information content (AvgIpc) is 3.03. The number of rotatable bonds is 6. The number of ketones is 1. The van der Waals surface area contributed by atoms with Crippen molar-refractivity contribution < 1.29 is 29.0 Å². The maximum absolute atomic E-state index is 14.1. The maximum Gasteiger partial charge on any atom is 0.414 e. The summed E-state index contributed by atoms with van der Waals surface area (Å²) < 4.78 is 15.9. The molecule has 0 saturated carbocycles. The maximum atomic E-state index is 14.1. The molecule has 8 heteroatoms. The number of halogens is 1. The van der Waals surface area contributed by atoms with Gasteiger partial charge in [0, 0.05) is 23.5 Å². The minimum Gasteiger partial charge on any atom is -0.473 e. The summed E-state index contributed by atoms with van der Waals surface area (Å²) in [6.45, 7) is 4.62. The summed E-state index contributed by atoms with van der Waals surface area (Å²) in [7, 11) is 0. The molecule has 31 heavy (non-hydrogen) atoms. The number of nitrogens with one attached hydrogen (secondary N) is 1. The van der Waals surface area contributed by atoms with E-state index >= 15 is 0 Å². The fourth-order valence-corrected chi connectivity index (χ4v) is 3.06. The molecule has 0 bridgehead atoms. The van der Waals surface area contributed by atoms with Gasteiger partial charge in [0.2, 0.25) is 0 Å². The van der Waals surface area contributed by atoms with Crippen LogP contribution in [0.15, 0.2) is 60.7 Å². The minimum absolute atomic E-state index is 0.00613. The van der Waals surface area contributed by atoms with Crippen LogP contribution in [0.1, 0.15) is 27.3 Å². The van der Waals surface area contributed by atoms with Gasteiger partial charge in [-0.2, -0.15) is 0 Å². The van der Waals surface area contributed by atoms with Gasteiger partial charge >= 0.3 is 11.9 Å². The van der Waals surface area contributed by atoms with E-state index in [1.54, 1.807) is 22.8 Å². The van der Waals surface area contributed by atoms with Crippen LogP contribution in [0.3, 0.4) is 0 Å². The SMILES string of the molecule is Cc1cc(C(=O)CNCc2ccccc2)c(C)n1-c1ccccc1F.O=C(O)C(=O)O. The number of aromatic nitrogens is 1. The Bertz CT molecular complexity index is 1060. The molecule has 0 saturated heterocycles. The van der Waals surface area contributed by atoms with Gasteiger partial charge in [-0.1, -0.05) is 42.5 Å². The zero-order chi connectivity index (χ0) is 23.0. The number of benzene rings is 2. The van der Waals surface area contributed by atoms with Gasteiger partial charge in [0.1, 0.15) is 5.82 Å². The number of nitrogens with zero attached hydrogens (tertiary/aromatic N) is 1. The Morgan fingerprint density at radius 3 is 2.10 bits per heavy atom. The number of hydrogen-bond donors (Lipinski definition) is 3. The predicted octanol–water partition coefficient (Wildman–Crippen LogP) is 3.36. The monoisotopic (exact) mass is 426 g/mol. The smallest absolute Gasteiger partial charge is 0.414 e. The van der Waals surface area contributed by atoms with Crippen LogP contribution in [0.2, 0.25) is 0 Å². The molecular formula is C23H23FN2O5. The van der Waals surface area contributed by atoms with Crippen molar-refractivity contribution >= 4 is 17.7 Å². The Labute approximate surface area is 178 Å². The van der Waals surface area contributed by atoms with E-state index in [-0.39, 0.29) is 18.1 Å². The summed E-state index contributed by atoms with van der Waals surface area (Å²) in [6.07, 6.45) is 0. The number of carbonyl (C=O) groups is 3. The first-order valence-corrected chi connectivity index (χ1v) is 9.40. The summed E-state index contributed by atoms with van der Waals surface area (Å²) in [5.74, 6) is -3.94. The van der Waals surface area contributed by atoms with Crippen LogP contribution in [0.25, 0.3) is 5.69 Å². The van der Waals surface area contributed by atoms with Gasteiger partial charge in [-0.3, -0.25) is 4.79 Å². The van der Waals surface area contributed by atoms with Crippen LogP contribution in [-0.2, 0) is 16.1 Å². The van der Waals surface area contributed by atoms with Crippen molar-refractivity contribution in [1.82, 2.24) is 9.88 Å². The third-order valence-corrected chi connectivity index (χ3v) is 4.47. The van der Waals surface area contributed by atoms with E-state index in [1.807, 2.05) is 50.2 Å². The molecule has 3 rings (SSSR count). The van der Waals surface area contributed by atoms with Crippen LogP contribution in [-0.4, -0.2) is 39.0 Å². The molecule has 0 unspecified atom stereocenters. The van der Waals surface area contributed by atoms with Gasteiger partial charge in [0.05, 0.1) is 12.2 Å². The van der Waals surface area contributed by atoms with Crippen molar-refractivity contribution in [3.05, 3.63) is 89.0 Å². The van der Waals surface area contributed by atoms with Gasteiger partial charge in [-0.15, -0.1) is 0 Å². The molecule has 162 valence electrons. The van der Waals surface area contributed by atoms with E-state index in [0.717, 1.165) is 17.0 Å². The number of Topliss-reactive ketones (excluding diaryl/α,β-unsaturated/α-hetero) is 1. The summed E-state index contributed by atoms with van der Waals surface area (Å²) in [6, 6.07) is 18.4. The Hall–Kier alpha value is -3.78. The van der Waals surface area contributed by atoms with E-state index in [0.29, 0.717) is 17.8 Å². The van der Waals surface area contributed by atoms with Gasteiger partial charge in [0.15, 0.2) is 5.78 Å². The van der Waals surface area contributed by atoms with E-state index in [9.17, 15) is 9.18 Å². The molecule has 1 heterocycles. The molecule has 0 aliphatic heterocycles. The lowest BCUT2D eigenvalue weighted by molar-refractivity contribution is -0.159. The topological polar surface area (TPSA) is 109 Å². The largest absolute Gasteiger partial charge is 0.473 e. The average molecular weight is 426 g/mol. The van der Waals surface area contributed by atoms with Crippen LogP contribution < -0.4 is 5.32 Å². The van der Waals surface area contributed by atoms with Crippen molar-refractivity contribution in [2.75, 3.05) is 6.54 Å². The molecule has 0 fully saturated rings. The van der Waals surface area contributed by atoms with Crippen LogP contribution >= 0.6 is 0 Å². The van der Waals surface area contributed by atoms with Crippen molar-refractivity contribution in [3.63, 3.8) is 0 Å². The zero-order valence-corrected chi connectivity index (χ0v) is 17.1. The van der Waals surface area contributed by atoms with Crippen LogP contribution in [0.5, 0.6) is 0 Å². The van der Waals surface area contributed by atoms with Gasteiger partial charge in [0.25, 0.3) is 0 Å². The number of para-hydroxylation sites is 1. The second-order valence-corrected chi connectivity index (χ2v) is 6.69. The summed E-state index contributed by atoms with van der Waals surface area (Å²) >= 11 is 0. The molecule has 7 nitrogen and oxygen atoms in total. The number of carboxylic acids is 2. The van der Waals surface area contributed by atoms with E-state index in [4.69, 9.17) is 19.8 Å². The number of aryl methyl sites for hydroxylation is 1. The van der Waals surface area contributed by atoms with Crippen molar-refractivity contribution in [2.24, 2.45) is 0 Å². The van der Waals surface area contributed by atoms with Crippen LogP contribution in [0.4, 0.5) is 4.39 Å². The summed E-state index contributed by atoms with van der Waals surface area (Å²) in [5, 5.41) is 18.0. The third-order valence-electron chi connectivity index (χ3n) is 4.47. The fourth-order valence-electron chi connectivity index (χ4n) is 3.06. The molecule has 3 N–H and O–H groups in total. The first kappa shape index (κ1) is 23.5. The molecule has 1 aromatic heterocycles. The highest BCUT2D eigenvalue weighted by molar-refractivity contribution is 6.27. The molecular weight excluding hydrogens is 403 g/mol. The number of carbonyl (C=O) groups excluding carboxylic acids is 1. The first-order valence-electron chi connectivity index (χ1n) is 9.40. The fraction of sp³-hybridized carbons (Fsp3) is 0.174. The van der Waals surface area contributed by atoms with Gasteiger partial charge in [-0.25, -0.2) is 14.0 Å². The molecule has 0 radical (unpaired) electrons. The highest BCUT2D eigenvalue weighted by Gasteiger charge is 2.17. The Morgan fingerprint density at radius 2 is 1.52 bits per heavy atom. The molecule has 3 aromatic rings. The standard InChI is InChI=1S/C21H21FN2O.C2H2O4/c1-15-12-18(16(2)24(15)20-11-7-6-10-19(20)22)21(25)14-23-13-17-8-4-3-5-9-17;3-1(4)2(5)6/h3-12,23H,13-14H2,1-2H3;(H,3,4)(H,5,6). The summed E-state index contributed by atoms with van der Waals surface area (Å²) in [4.78, 5) is 30.8. The third kappa shape index (κ3) is 6.35. The second-order valence-electron chi connectivity index (χ2n) is 6.69. The first-order chi connectivity index (χ1) is 14.7. The van der Waals surface area contributed by atoms with Crippen molar-refractivity contribution in [1.29, 1.82) is 0 Å². The number of carboxylic acid groups (broad SMARTS) is 2.